The van der Waals surface area contributed by atoms with Crippen LogP contribution >= 0.6 is 0 Å². The molecule has 0 saturated carbocycles. The number of amides is 2. The zero-order valence-electron chi connectivity index (χ0n) is 16.1. The summed E-state index contributed by atoms with van der Waals surface area (Å²) < 4.78 is 10.7. The van der Waals surface area contributed by atoms with Crippen LogP contribution in [-0.4, -0.2) is 35.3 Å². The third kappa shape index (κ3) is 6.91. The molecule has 0 aliphatic heterocycles. The Labute approximate surface area is 149 Å². The molecule has 1 aromatic rings. The zero-order chi connectivity index (χ0) is 19.4. The highest BCUT2D eigenvalue weighted by Gasteiger charge is 2.31. The summed E-state index contributed by atoms with van der Waals surface area (Å²) in [7, 11) is 1.75. The summed E-state index contributed by atoms with van der Waals surface area (Å²) in [6, 6.07) is 5.22. The monoisotopic (exact) mass is 351 g/mol. The summed E-state index contributed by atoms with van der Waals surface area (Å²) in [4.78, 5) is 26.0. The van der Waals surface area contributed by atoms with Gasteiger partial charge in [0.1, 0.15) is 11.2 Å². The maximum atomic E-state index is 12.5. The van der Waals surface area contributed by atoms with E-state index in [1.54, 1.807) is 66.8 Å². The van der Waals surface area contributed by atoms with Gasteiger partial charge in [0.15, 0.2) is 0 Å². The van der Waals surface area contributed by atoms with Crippen LogP contribution in [0.2, 0.25) is 0 Å². The largest absolute Gasteiger partial charge is 0.443 e. The van der Waals surface area contributed by atoms with E-state index in [9.17, 15) is 9.59 Å². The Kier molecular flexibility index (Phi) is 6.29. The molecule has 0 saturated heterocycles. The van der Waals surface area contributed by atoms with Gasteiger partial charge in [0, 0.05) is 18.4 Å². The molecular weight excluding hydrogens is 322 g/mol. The number of carbonyl (C=O) groups is 2. The third-order valence-corrected chi connectivity index (χ3v) is 2.95. The number of ether oxygens (including phenoxy) is 2. The van der Waals surface area contributed by atoms with Crippen molar-refractivity contribution in [3.8, 4) is 0 Å². The van der Waals surface area contributed by atoms with E-state index in [1.807, 2.05) is 0 Å². The summed E-state index contributed by atoms with van der Waals surface area (Å²) in [5.74, 6) is 0. The summed E-state index contributed by atoms with van der Waals surface area (Å²) >= 11 is 0. The highest BCUT2D eigenvalue weighted by molar-refractivity contribution is 5.88. The summed E-state index contributed by atoms with van der Waals surface area (Å²) in [6.45, 7) is 10.4. The Balaban J connectivity index is 3.16. The molecule has 0 aliphatic rings. The van der Waals surface area contributed by atoms with Crippen molar-refractivity contribution in [3.63, 3.8) is 0 Å². The Bertz CT molecular complexity index is 602. The molecule has 0 fully saturated rings. The molecule has 0 heterocycles. The molecule has 2 amide bonds. The van der Waals surface area contributed by atoms with E-state index >= 15 is 0 Å². The standard InChI is InChI=1S/C18H29N3O4/c1-17(2,3)24-15(22)21(16(23)25-18(4,5)6)11-12-10-13(19)8-9-14(12)20-7/h8-10,20H,11,19H2,1-7H3. The van der Waals surface area contributed by atoms with Gasteiger partial charge in [-0.05, 0) is 65.3 Å². The van der Waals surface area contributed by atoms with Crippen molar-refractivity contribution in [2.75, 3.05) is 18.1 Å². The van der Waals surface area contributed by atoms with Crippen molar-refractivity contribution < 1.29 is 19.1 Å². The fourth-order valence-corrected chi connectivity index (χ4v) is 2.00. The average molecular weight is 351 g/mol. The maximum absolute atomic E-state index is 12.5. The van der Waals surface area contributed by atoms with E-state index in [-0.39, 0.29) is 6.54 Å². The summed E-state index contributed by atoms with van der Waals surface area (Å²) in [5, 5.41) is 3.02. The average Bonchev–Trinajstić information content (AvgIpc) is 2.40. The zero-order valence-corrected chi connectivity index (χ0v) is 16.1. The first kappa shape index (κ1) is 20.6. The number of rotatable bonds is 3. The van der Waals surface area contributed by atoms with Crippen LogP contribution in [0.5, 0.6) is 0 Å². The SMILES string of the molecule is CNc1ccc(N)cc1CN(C(=O)OC(C)(C)C)C(=O)OC(C)(C)C. The minimum Gasteiger partial charge on any atom is -0.443 e. The van der Waals surface area contributed by atoms with Crippen LogP contribution < -0.4 is 11.1 Å². The molecule has 0 radical (unpaired) electrons. The highest BCUT2D eigenvalue weighted by Crippen LogP contribution is 2.23. The van der Waals surface area contributed by atoms with Crippen molar-refractivity contribution >= 4 is 23.6 Å². The van der Waals surface area contributed by atoms with Gasteiger partial charge in [-0.2, -0.15) is 0 Å². The number of imide groups is 1. The van der Waals surface area contributed by atoms with Crippen LogP contribution in [0.3, 0.4) is 0 Å². The molecular formula is C18H29N3O4. The Morgan fingerprint density at radius 1 is 1.04 bits per heavy atom. The summed E-state index contributed by atoms with van der Waals surface area (Å²) in [6.07, 6.45) is -1.54. The van der Waals surface area contributed by atoms with Crippen molar-refractivity contribution in [2.24, 2.45) is 0 Å². The van der Waals surface area contributed by atoms with Crippen molar-refractivity contribution in [1.82, 2.24) is 4.90 Å². The lowest BCUT2D eigenvalue weighted by Crippen LogP contribution is -2.43. The van der Waals surface area contributed by atoms with Gasteiger partial charge in [0.05, 0.1) is 6.54 Å². The second kappa shape index (κ2) is 7.63. The van der Waals surface area contributed by atoms with Gasteiger partial charge >= 0.3 is 12.2 Å². The predicted molar refractivity (Wildman–Crippen MR) is 98.4 cm³/mol. The quantitative estimate of drug-likeness (QED) is 0.800. The topological polar surface area (TPSA) is 93.9 Å². The molecule has 0 bridgehead atoms. The van der Waals surface area contributed by atoms with Crippen LogP contribution in [0.1, 0.15) is 47.1 Å². The van der Waals surface area contributed by atoms with Crippen LogP contribution in [-0.2, 0) is 16.0 Å². The van der Waals surface area contributed by atoms with Crippen LogP contribution in [0.4, 0.5) is 21.0 Å². The Morgan fingerprint density at radius 3 is 1.92 bits per heavy atom. The molecule has 25 heavy (non-hydrogen) atoms. The lowest BCUT2D eigenvalue weighted by molar-refractivity contribution is -0.000201. The van der Waals surface area contributed by atoms with E-state index in [2.05, 4.69) is 5.32 Å². The molecule has 0 unspecified atom stereocenters. The fourth-order valence-electron chi connectivity index (χ4n) is 2.00. The Hall–Kier alpha value is -2.44. The molecule has 7 nitrogen and oxygen atoms in total. The van der Waals surface area contributed by atoms with Crippen molar-refractivity contribution in [1.29, 1.82) is 0 Å². The molecule has 1 aromatic carbocycles. The molecule has 0 aromatic heterocycles. The van der Waals surface area contributed by atoms with Crippen molar-refractivity contribution in [3.05, 3.63) is 23.8 Å². The highest BCUT2D eigenvalue weighted by atomic mass is 16.6. The normalized spacial score (nSPS) is 11.6. The number of hydrogen-bond acceptors (Lipinski definition) is 6. The lowest BCUT2D eigenvalue weighted by atomic mass is 10.1. The second-order valence-electron chi connectivity index (χ2n) is 7.71. The number of carbonyl (C=O) groups excluding carboxylic acids is 2. The van der Waals surface area contributed by atoms with Gasteiger partial charge < -0.3 is 20.5 Å². The molecule has 3 N–H and O–H groups in total. The molecule has 0 spiro atoms. The first-order valence-corrected chi connectivity index (χ1v) is 8.12. The number of anilines is 2. The van der Waals surface area contributed by atoms with E-state index in [0.29, 0.717) is 11.3 Å². The van der Waals surface area contributed by atoms with Crippen LogP contribution in [0, 0.1) is 0 Å². The van der Waals surface area contributed by atoms with Gasteiger partial charge in [-0.15, -0.1) is 0 Å². The van der Waals surface area contributed by atoms with E-state index in [1.165, 1.54) is 0 Å². The Morgan fingerprint density at radius 2 is 1.52 bits per heavy atom. The van der Waals surface area contributed by atoms with Gasteiger partial charge in [0.25, 0.3) is 0 Å². The van der Waals surface area contributed by atoms with Crippen molar-refractivity contribution in [2.45, 2.75) is 59.3 Å². The molecule has 1 rings (SSSR count). The molecule has 7 heteroatoms. The van der Waals surface area contributed by atoms with Gasteiger partial charge in [-0.25, -0.2) is 14.5 Å². The first-order chi connectivity index (χ1) is 11.3. The molecule has 0 aliphatic carbocycles. The first-order valence-electron chi connectivity index (χ1n) is 8.12. The number of hydrogen-bond donors (Lipinski definition) is 2. The fraction of sp³-hybridized carbons (Fsp3) is 0.556. The van der Waals surface area contributed by atoms with Gasteiger partial charge in [-0.3, -0.25) is 0 Å². The van der Waals surface area contributed by atoms with Gasteiger partial charge in [0.2, 0.25) is 0 Å². The maximum Gasteiger partial charge on any atom is 0.420 e. The third-order valence-electron chi connectivity index (χ3n) is 2.95. The van der Waals surface area contributed by atoms with E-state index in [0.717, 1.165) is 10.6 Å². The van der Waals surface area contributed by atoms with Crippen LogP contribution in [0.25, 0.3) is 0 Å². The number of nitrogens with zero attached hydrogens (tertiary/aromatic N) is 1. The summed E-state index contributed by atoms with van der Waals surface area (Å²) in [5.41, 5.74) is 6.33. The minimum absolute atomic E-state index is 0.0228. The van der Waals surface area contributed by atoms with Crippen LogP contribution in [0.15, 0.2) is 18.2 Å². The molecule has 140 valence electrons. The number of nitrogens with two attached hydrogens (primary N) is 1. The molecule has 0 atom stereocenters. The second-order valence-corrected chi connectivity index (χ2v) is 7.71. The minimum atomic E-state index is -0.772. The number of nitrogen functional groups attached to an aromatic ring is 1. The smallest absolute Gasteiger partial charge is 0.420 e. The number of benzene rings is 1. The predicted octanol–water partition coefficient (Wildman–Crippen LogP) is 3.98. The van der Waals surface area contributed by atoms with Gasteiger partial charge in [-0.1, -0.05) is 0 Å². The van der Waals surface area contributed by atoms with E-state index < -0.39 is 23.4 Å². The number of nitrogens with one attached hydrogen (secondary N) is 1. The lowest BCUT2D eigenvalue weighted by Gasteiger charge is -2.29. The van der Waals surface area contributed by atoms with E-state index in [4.69, 9.17) is 15.2 Å².